The number of allylic oxidation sites excluding steroid dienone is 2. The summed E-state index contributed by atoms with van der Waals surface area (Å²) in [5.41, 5.74) is 6.22. The topological polar surface area (TPSA) is 61.1 Å². The number of hydrogen-bond donors (Lipinski definition) is 1. The first kappa shape index (κ1) is 17.1. The molecule has 0 spiro atoms. The van der Waals surface area contributed by atoms with Crippen LogP contribution >= 0.6 is 11.8 Å². The summed E-state index contributed by atoms with van der Waals surface area (Å²) in [7, 11) is 0. The van der Waals surface area contributed by atoms with Crippen LogP contribution < -0.4 is 0 Å². The number of rotatable bonds is 4. The number of aliphatic carboxylic acids is 1. The Hall–Kier alpha value is -2.77. The predicted molar refractivity (Wildman–Crippen MR) is 102 cm³/mol. The second-order valence-corrected chi connectivity index (χ2v) is 6.76. The first-order chi connectivity index (χ1) is 12.0. The molecule has 4 heteroatoms. The van der Waals surface area contributed by atoms with E-state index in [9.17, 15) is 9.90 Å². The van der Waals surface area contributed by atoms with E-state index in [1.165, 1.54) is 4.90 Å². The van der Waals surface area contributed by atoms with E-state index in [2.05, 4.69) is 36.4 Å². The van der Waals surface area contributed by atoms with Crippen LogP contribution in [0.5, 0.6) is 0 Å². The molecule has 0 fully saturated rings. The van der Waals surface area contributed by atoms with Gasteiger partial charge in [-0.05, 0) is 76.9 Å². The molecule has 0 radical (unpaired) electrons. The molecule has 1 N–H and O–H groups in total. The zero-order valence-corrected chi connectivity index (χ0v) is 14.9. The van der Waals surface area contributed by atoms with E-state index in [1.54, 1.807) is 23.9 Å². The summed E-state index contributed by atoms with van der Waals surface area (Å²) in [5.74, 6) is -0.867. The second kappa shape index (κ2) is 7.00. The van der Waals surface area contributed by atoms with Crippen LogP contribution in [-0.2, 0) is 4.79 Å². The minimum Gasteiger partial charge on any atom is -0.481 e. The first-order valence-corrected chi connectivity index (χ1v) is 9.08. The Morgan fingerprint density at radius 1 is 1.20 bits per heavy atom. The predicted octanol–water partition coefficient (Wildman–Crippen LogP) is 5.08. The lowest BCUT2D eigenvalue weighted by Crippen LogP contribution is -1.97. The van der Waals surface area contributed by atoms with Crippen molar-refractivity contribution in [3.8, 4) is 6.07 Å². The number of fused-ring (bicyclic) bond motifs is 1. The fraction of sp³-hybridized carbons (Fsp3) is 0.143. The number of nitrogens with zero attached hydrogens (tertiary/aromatic N) is 1. The zero-order chi connectivity index (χ0) is 18.0. The number of thioether (sulfide) groups is 1. The van der Waals surface area contributed by atoms with Crippen molar-refractivity contribution in [1.29, 1.82) is 5.26 Å². The fourth-order valence-electron chi connectivity index (χ4n) is 3.10. The Balaban J connectivity index is 2.13. The van der Waals surface area contributed by atoms with E-state index >= 15 is 0 Å². The normalized spacial score (nSPS) is 14.5. The van der Waals surface area contributed by atoms with E-state index in [1.807, 2.05) is 19.2 Å². The van der Waals surface area contributed by atoms with Crippen LogP contribution in [-0.4, -0.2) is 17.3 Å². The number of hydrogen-bond acceptors (Lipinski definition) is 3. The highest BCUT2D eigenvalue weighted by Crippen LogP contribution is 2.43. The van der Waals surface area contributed by atoms with E-state index in [0.717, 1.165) is 33.4 Å². The molecular weight excluding hydrogens is 330 g/mol. The van der Waals surface area contributed by atoms with Crippen molar-refractivity contribution < 1.29 is 9.90 Å². The van der Waals surface area contributed by atoms with Crippen LogP contribution in [0.4, 0.5) is 0 Å². The van der Waals surface area contributed by atoms with Gasteiger partial charge >= 0.3 is 5.97 Å². The van der Waals surface area contributed by atoms with Crippen LogP contribution in [0, 0.1) is 11.3 Å². The molecule has 0 saturated heterocycles. The monoisotopic (exact) mass is 347 g/mol. The minimum atomic E-state index is -0.867. The quantitative estimate of drug-likeness (QED) is 0.783. The van der Waals surface area contributed by atoms with Crippen LogP contribution in [0.15, 0.2) is 52.9 Å². The largest absolute Gasteiger partial charge is 0.481 e. The summed E-state index contributed by atoms with van der Waals surface area (Å²) in [6, 6.07) is 15.9. The third kappa shape index (κ3) is 3.38. The van der Waals surface area contributed by atoms with Gasteiger partial charge in [-0.3, -0.25) is 4.79 Å². The molecule has 0 atom stereocenters. The third-order valence-corrected chi connectivity index (χ3v) is 5.12. The molecule has 3 nitrogen and oxygen atoms in total. The Morgan fingerprint density at radius 2 is 1.92 bits per heavy atom. The van der Waals surface area contributed by atoms with Gasteiger partial charge in [0.15, 0.2) is 0 Å². The smallest absolute Gasteiger partial charge is 0.307 e. The summed E-state index contributed by atoms with van der Waals surface area (Å²) in [4.78, 5) is 12.5. The number of benzene rings is 2. The summed E-state index contributed by atoms with van der Waals surface area (Å²) < 4.78 is 0. The highest BCUT2D eigenvalue weighted by atomic mass is 32.2. The number of carboxylic acid groups (broad SMARTS) is 1. The molecule has 3 rings (SSSR count). The molecule has 0 saturated carbocycles. The molecule has 1 aliphatic carbocycles. The van der Waals surface area contributed by atoms with E-state index in [0.29, 0.717) is 5.56 Å². The molecule has 0 heterocycles. The molecule has 2 aromatic rings. The SMILES string of the molecule is CSc1ccc(/C=C2\C(C)=C(CC(=O)O)c3cc(C#N)ccc32)cc1. The second-order valence-electron chi connectivity index (χ2n) is 5.88. The molecule has 0 aliphatic heterocycles. The first-order valence-electron chi connectivity index (χ1n) is 7.86. The van der Waals surface area contributed by atoms with Gasteiger partial charge < -0.3 is 5.11 Å². The maximum Gasteiger partial charge on any atom is 0.307 e. The summed E-state index contributed by atoms with van der Waals surface area (Å²) in [6.07, 6.45) is 4.08. The molecular formula is C21H17NO2S. The number of carbonyl (C=O) groups is 1. The Morgan fingerprint density at radius 3 is 2.52 bits per heavy atom. The highest BCUT2D eigenvalue weighted by molar-refractivity contribution is 7.98. The summed E-state index contributed by atoms with van der Waals surface area (Å²) in [5, 5.41) is 18.4. The number of carboxylic acids is 1. The molecule has 25 heavy (non-hydrogen) atoms. The highest BCUT2D eigenvalue weighted by Gasteiger charge is 2.25. The van der Waals surface area contributed by atoms with Crippen molar-refractivity contribution >= 4 is 35.0 Å². The van der Waals surface area contributed by atoms with E-state index in [4.69, 9.17) is 5.26 Å². The van der Waals surface area contributed by atoms with Crippen molar-refractivity contribution in [2.24, 2.45) is 0 Å². The van der Waals surface area contributed by atoms with Crippen LogP contribution in [0.25, 0.3) is 17.2 Å². The molecule has 0 bridgehead atoms. The van der Waals surface area contributed by atoms with Crippen molar-refractivity contribution in [3.63, 3.8) is 0 Å². The third-order valence-electron chi connectivity index (χ3n) is 4.38. The number of nitriles is 1. The van der Waals surface area contributed by atoms with Gasteiger partial charge in [0.1, 0.15) is 0 Å². The lowest BCUT2D eigenvalue weighted by atomic mass is 9.99. The summed E-state index contributed by atoms with van der Waals surface area (Å²) in [6.45, 7) is 1.95. The Kier molecular flexibility index (Phi) is 4.78. The molecule has 0 amide bonds. The van der Waals surface area contributed by atoms with Gasteiger partial charge in [0.25, 0.3) is 0 Å². The van der Waals surface area contributed by atoms with Gasteiger partial charge in [-0.2, -0.15) is 5.26 Å². The standard InChI is InChI=1S/C21H17NO2S/c1-13-18(9-14-3-6-16(25-2)7-4-14)17-8-5-15(12-22)10-20(17)19(13)11-21(23)24/h3-10H,11H2,1-2H3,(H,23,24)/b18-9+. The molecule has 124 valence electrons. The Labute approximate surface area is 151 Å². The molecule has 0 aromatic heterocycles. The van der Waals surface area contributed by atoms with Gasteiger partial charge in [0, 0.05) is 4.90 Å². The van der Waals surface area contributed by atoms with Crippen molar-refractivity contribution in [2.45, 2.75) is 18.2 Å². The van der Waals surface area contributed by atoms with Gasteiger partial charge in [0.05, 0.1) is 18.1 Å². The average molecular weight is 347 g/mol. The van der Waals surface area contributed by atoms with Crippen molar-refractivity contribution in [3.05, 3.63) is 70.3 Å². The lowest BCUT2D eigenvalue weighted by Gasteiger charge is -2.05. The van der Waals surface area contributed by atoms with Gasteiger partial charge in [0.2, 0.25) is 0 Å². The van der Waals surface area contributed by atoms with Gasteiger partial charge in [-0.25, -0.2) is 0 Å². The van der Waals surface area contributed by atoms with Crippen molar-refractivity contribution in [1.82, 2.24) is 0 Å². The van der Waals surface area contributed by atoms with E-state index < -0.39 is 5.97 Å². The van der Waals surface area contributed by atoms with Crippen LogP contribution in [0.2, 0.25) is 0 Å². The van der Waals surface area contributed by atoms with Crippen LogP contribution in [0.3, 0.4) is 0 Å². The van der Waals surface area contributed by atoms with E-state index in [-0.39, 0.29) is 6.42 Å². The molecule has 2 aromatic carbocycles. The zero-order valence-electron chi connectivity index (χ0n) is 14.0. The fourth-order valence-corrected chi connectivity index (χ4v) is 3.50. The maximum atomic E-state index is 11.3. The molecule has 0 unspecified atom stereocenters. The van der Waals surface area contributed by atoms with Gasteiger partial charge in [-0.15, -0.1) is 11.8 Å². The minimum absolute atomic E-state index is 0.0452. The summed E-state index contributed by atoms with van der Waals surface area (Å²) >= 11 is 1.69. The van der Waals surface area contributed by atoms with Gasteiger partial charge in [-0.1, -0.05) is 18.2 Å². The Bertz CT molecular complexity index is 947. The molecule has 1 aliphatic rings. The lowest BCUT2D eigenvalue weighted by molar-refractivity contribution is -0.135. The average Bonchev–Trinajstić information content (AvgIpc) is 2.87. The van der Waals surface area contributed by atoms with Crippen LogP contribution in [0.1, 0.15) is 35.6 Å². The maximum absolute atomic E-state index is 11.3. The van der Waals surface area contributed by atoms with Crippen molar-refractivity contribution in [2.75, 3.05) is 6.26 Å².